The number of nitrogens with zero attached hydrogens (tertiary/aromatic N) is 1. The number of benzene rings is 1. The van der Waals surface area contributed by atoms with Gasteiger partial charge in [-0.3, -0.25) is 9.69 Å². The van der Waals surface area contributed by atoms with Crippen LogP contribution in [0, 0.1) is 0 Å². The van der Waals surface area contributed by atoms with Crippen LogP contribution in [0.4, 0.5) is 0 Å². The Morgan fingerprint density at radius 1 is 1.37 bits per heavy atom. The molecule has 1 aromatic carbocycles. The van der Waals surface area contributed by atoms with Crippen LogP contribution in [0.5, 0.6) is 0 Å². The second-order valence-corrected chi connectivity index (χ2v) is 4.76. The zero-order valence-corrected chi connectivity index (χ0v) is 11.9. The normalized spacial score (nSPS) is 12.6. The van der Waals surface area contributed by atoms with Gasteiger partial charge in [0, 0.05) is 19.7 Å². The molecule has 1 unspecified atom stereocenters. The minimum absolute atomic E-state index is 0.0658. The number of hydrogen-bond donors (Lipinski definition) is 1. The fraction of sp³-hybridized carbons (Fsp3) is 0.533. The van der Waals surface area contributed by atoms with Gasteiger partial charge in [-0.05, 0) is 24.5 Å². The molecule has 0 spiro atoms. The van der Waals surface area contributed by atoms with Crippen LogP contribution in [0.1, 0.15) is 31.4 Å². The van der Waals surface area contributed by atoms with Crippen molar-refractivity contribution in [3.8, 4) is 0 Å². The first-order valence-corrected chi connectivity index (χ1v) is 6.60. The first kappa shape index (κ1) is 15.7. The Morgan fingerprint density at radius 3 is 2.53 bits per heavy atom. The maximum Gasteiger partial charge on any atom is 0.317 e. The molecular formula is C15H23NO3. The van der Waals surface area contributed by atoms with Crippen molar-refractivity contribution in [2.75, 3.05) is 13.7 Å². The summed E-state index contributed by atoms with van der Waals surface area (Å²) in [4.78, 5) is 12.9. The van der Waals surface area contributed by atoms with Crippen molar-refractivity contribution in [3.05, 3.63) is 35.4 Å². The molecule has 0 aliphatic heterocycles. The molecule has 0 aliphatic rings. The van der Waals surface area contributed by atoms with Crippen LogP contribution in [0.15, 0.2) is 24.3 Å². The van der Waals surface area contributed by atoms with Crippen molar-refractivity contribution >= 4 is 5.97 Å². The van der Waals surface area contributed by atoms with E-state index in [1.165, 1.54) is 0 Å². The largest absolute Gasteiger partial charge is 0.480 e. The van der Waals surface area contributed by atoms with Crippen molar-refractivity contribution in [3.63, 3.8) is 0 Å². The van der Waals surface area contributed by atoms with Gasteiger partial charge in [0.1, 0.15) is 0 Å². The zero-order valence-electron chi connectivity index (χ0n) is 11.9. The van der Waals surface area contributed by atoms with E-state index in [9.17, 15) is 4.79 Å². The third kappa shape index (κ3) is 5.01. The van der Waals surface area contributed by atoms with E-state index in [0.717, 1.165) is 17.5 Å². The van der Waals surface area contributed by atoms with E-state index in [2.05, 4.69) is 13.8 Å². The molecule has 1 N–H and O–H groups in total. The summed E-state index contributed by atoms with van der Waals surface area (Å²) < 4.78 is 5.18. The number of hydrogen-bond acceptors (Lipinski definition) is 3. The molecule has 0 saturated carbocycles. The molecule has 4 heteroatoms. The fourth-order valence-corrected chi connectivity index (χ4v) is 2.03. The second-order valence-electron chi connectivity index (χ2n) is 4.76. The number of carboxylic acid groups (broad SMARTS) is 1. The molecule has 1 atom stereocenters. The van der Waals surface area contributed by atoms with E-state index in [-0.39, 0.29) is 12.6 Å². The SMILES string of the molecule is CCC(C)N(CC(=O)O)Cc1ccccc1COC. The standard InChI is InChI=1S/C15H23NO3/c1-4-12(2)16(10-15(17)18)9-13-7-5-6-8-14(13)11-19-3/h5-8,12H,4,9-11H2,1-3H3,(H,17,18). The molecule has 1 aromatic rings. The number of aliphatic carboxylic acids is 1. The predicted molar refractivity (Wildman–Crippen MR) is 75.0 cm³/mol. The molecule has 0 fully saturated rings. The van der Waals surface area contributed by atoms with Crippen LogP contribution in [-0.2, 0) is 22.7 Å². The van der Waals surface area contributed by atoms with Gasteiger partial charge < -0.3 is 9.84 Å². The van der Waals surface area contributed by atoms with Gasteiger partial charge in [-0.25, -0.2) is 0 Å². The summed E-state index contributed by atoms with van der Waals surface area (Å²) in [5.74, 6) is -0.787. The van der Waals surface area contributed by atoms with Crippen LogP contribution in [0.3, 0.4) is 0 Å². The van der Waals surface area contributed by atoms with Crippen LogP contribution >= 0.6 is 0 Å². The summed E-state index contributed by atoms with van der Waals surface area (Å²) in [6.07, 6.45) is 0.930. The molecule has 1 rings (SSSR count). The third-order valence-corrected chi connectivity index (χ3v) is 3.34. The van der Waals surface area contributed by atoms with Gasteiger partial charge in [0.15, 0.2) is 0 Å². The van der Waals surface area contributed by atoms with Gasteiger partial charge in [0.25, 0.3) is 0 Å². The number of carboxylic acids is 1. The molecule has 0 heterocycles. The maximum absolute atomic E-state index is 11.0. The van der Waals surface area contributed by atoms with E-state index in [1.807, 2.05) is 29.2 Å². The second kappa shape index (κ2) is 7.92. The van der Waals surface area contributed by atoms with E-state index in [0.29, 0.717) is 13.2 Å². The Bertz CT molecular complexity index is 406. The average Bonchev–Trinajstić information content (AvgIpc) is 2.39. The predicted octanol–water partition coefficient (Wildman–Crippen LogP) is 2.52. The number of ether oxygens (including phenoxy) is 1. The van der Waals surface area contributed by atoms with Crippen molar-refractivity contribution in [1.29, 1.82) is 0 Å². The fourth-order valence-electron chi connectivity index (χ4n) is 2.03. The van der Waals surface area contributed by atoms with Crippen LogP contribution in [-0.4, -0.2) is 35.7 Å². The summed E-state index contributed by atoms with van der Waals surface area (Å²) in [7, 11) is 1.67. The van der Waals surface area contributed by atoms with E-state index in [4.69, 9.17) is 9.84 Å². The zero-order chi connectivity index (χ0) is 14.3. The highest BCUT2D eigenvalue weighted by Gasteiger charge is 2.17. The summed E-state index contributed by atoms with van der Waals surface area (Å²) in [6, 6.07) is 8.25. The van der Waals surface area contributed by atoms with Gasteiger partial charge in [-0.1, -0.05) is 31.2 Å². The van der Waals surface area contributed by atoms with Crippen LogP contribution < -0.4 is 0 Å². The number of carbonyl (C=O) groups is 1. The van der Waals surface area contributed by atoms with Gasteiger partial charge in [0.05, 0.1) is 13.2 Å². The Kier molecular flexibility index (Phi) is 6.53. The smallest absolute Gasteiger partial charge is 0.317 e. The van der Waals surface area contributed by atoms with Crippen molar-refractivity contribution in [1.82, 2.24) is 4.90 Å². The summed E-state index contributed by atoms with van der Waals surface area (Å²) in [5.41, 5.74) is 2.24. The maximum atomic E-state index is 11.0. The highest BCUT2D eigenvalue weighted by molar-refractivity contribution is 5.69. The lowest BCUT2D eigenvalue weighted by atomic mass is 10.1. The summed E-state index contributed by atoms with van der Waals surface area (Å²) >= 11 is 0. The Balaban J connectivity index is 2.85. The molecule has 19 heavy (non-hydrogen) atoms. The molecule has 106 valence electrons. The summed E-state index contributed by atoms with van der Waals surface area (Å²) in [6.45, 7) is 5.39. The highest BCUT2D eigenvalue weighted by Crippen LogP contribution is 2.15. The minimum atomic E-state index is -0.787. The quantitative estimate of drug-likeness (QED) is 0.784. The van der Waals surface area contributed by atoms with Crippen molar-refractivity contribution < 1.29 is 14.6 Å². The lowest BCUT2D eigenvalue weighted by molar-refractivity contribution is -0.139. The molecular weight excluding hydrogens is 242 g/mol. The molecule has 0 bridgehead atoms. The molecule has 0 amide bonds. The Labute approximate surface area is 115 Å². The molecule has 0 saturated heterocycles. The van der Waals surface area contributed by atoms with Crippen molar-refractivity contribution in [2.45, 2.75) is 39.5 Å². The first-order valence-electron chi connectivity index (χ1n) is 6.60. The van der Waals surface area contributed by atoms with Gasteiger partial charge in [-0.15, -0.1) is 0 Å². The van der Waals surface area contributed by atoms with E-state index in [1.54, 1.807) is 7.11 Å². The monoisotopic (exact) mass is 265 g/mol. The van der Waals surface area contributed by atoms with Crippen LogP contribution in [0.2, 0.25) is 0 Å². The molecule has 0 aliphatic carbocycles. The topological polar surface area (TPSA) is 49.8 Å². The molecule has 0 aromatic heterocycles. The highest BCUT2D eigenvalue weighted by atomic mass is 16.5. The Morgan fingerprint density at radius 2 is 2.00 bits per heavy atom. The number of methoxy groups -OCH3 is 1. The lowest BCUT2D eigenvalue weighted by Gasteiger charge is -2.27. The molecule has 0 radical (unpaired) electrons. The Hall–Kier alpha value is -1.39. The van der Waals surface area contributed by atoms with E-state index >= 15 is 0 Å². The first-order chi connectivity index (χ1) is 9.08. The summed E-state index contributed by atoms with van der Waals surface area (Å²) in [5, 5.41) is 9.01. The van der Waals surface area contributed by atoms with Gasteiger partial charge in [0.2, 0.25) is 0 Å². The van der Waals surface area contributed by atoms with Gasteiger partial charge >= 0.3 is 5.97 Å². The third-order valence-electron chi connectivity index (χ3n) is 3.34. The van der Waals surface area contributed by atoms with E-state index < -0.39 is 5.97 Å². The van der Waals surface area contributed by atoms with Crippen LogP contribution in [0.25, 0.3) is 0 Å². The van der Waals surface area contributed by atoms with Gasteiger partial charge in [-0.2, -0.15) is 0 Å². The average molecular weight is 265 g/mol. The number of rotatable bonds is 8. The molecule has 4 nitrogen and oxygen atoms in total. The van der Waals surface area contributed by atoms with Crippen molar-refractivity contribution in [2.24, 2.45) is 0 Å². The lowest BCUT2D eigenvalue weighted by Crippen LogP contribution is -2.36. The minimum Gasteiger partial charge on any atom is -0.480 e.